The molecule has 7 nitrogen and oxygen atoms in total. The molecule has 1 aliphatic rings. The number of piperidine rings is 1. The second-order valence-electron chi connectivity index (χ2n) is 6.09. The van der Waals surface area contributed by atoms with Gasteiger partial charge in [-0.1, -0.05) is 43.9 Å². The molecule has 1 atom stereocenters. The summed E-state index contributed by atoms with van der Waals surface area (Å²) in [5.74, 6) is 1.28. The van der Waals surface area contributed by atoms with Gasteiger partial charge in [-0.15, -0.1) is 10.2 Å². The Morgan fingerprint density at radius 1 is 1.42 bits per heavy atom. The summed E-state index contributed by atoms with van der Waals surface area (Å²) < 4.78 is 0.862. The SMILES string of the molecule is CCSc1nnc(NC(=O)N2CCCC(CNC(=O)C(C)C)C2)s1. The summed E-state index contributed by atoms with van der Waals surface area (Å²) in [4.78, 5) is 25.9. The molecule has 1 aliphatic heterocycles. The average molecular weight is 372 g/mol. The first-order valence-electron chi connectivity index (χ1n) is 8.29. The van der Waals surface area contributed by atoms with E-state index in [1.807, 2.05) is 13.8 Å². The van der Waals surface area contributed by atoms with E-state index in [9.17, 15) is 9.59 Å². The van der Waals surface area contributed by atoms with E-state index >= 15 is 0 Å². The van der Waals surface area contributed by atoms with Crippen LogP contribution in [-0.2, 0) is 4.79 Å². The molecule has 134 valence electrons. The van der Waals surface area contributed by atoms with Crippen LogP contribution in [0, 0.1) is 11.8 Å². The van der Waals surface area contributed by atoms with Crippen LogP contribution in [0.5, 0.6) is 0 Å². The monoisotopic (exact) mass is 371 g/mol. The summed E-state index contributed by atoms with van der Waals surface area (Å²) in [6.07, 6.45) is 1.97. The number of carbonyl (C=O) groups is 2. The van der Waals surface area contributed by atoms with Gasteiger partial charge in [0.25, 0.3) is 0 Å². The molecule has 3 amide bonds. The Balaban J connectivity index is 1.82. The molecular formula is C15H25N5O2S2. The lowest BCUT2D eigenvalue weighted by Gasteiger charge is -2.32. The Morgan fingerprint density at radius 2 is 2.21 bits per heavy atom. The fourth-order valence-electron chi connectivity index (χ4n) is 2.48. The van der Waals surface area contributed by atoms with Crippen LogP contribution in [0.15, 0.2) is 4.34 Å². The van der Waals surface area contributed by atoms with Crippen molar-refractivity contribution in [2.45, 2.75) is 38.0 Å². The van der Waals surface area contributed by atoms with E-state index in [1.165, 1.54) is 11.3 Å². The van der Waals surface area contributed by atoms with E-state index in [2.05, 4.69) is 27.8 Å². The minimum atomic E-state index is -0.140. The lowest BCUT2D eigenvalue weighted by atomic mass is 9.98. The van der Waals surface area contributed by atoms with Crippen LogP contribution in [0.1, 0.15) is 33.6 Å². The Labute approximate surface area is 151 Å². The standard InChI is InChI=1S/C15H25N5O2S2/c1-4-23-15-19-18-13(24-15)17-14(22)20-7-5-6-11(9-20)8-16-12(21)10(2)3/h10-11H,4-9H2,1-3H3,(H,16,21)(H,17,18,22). The predicted octanol–water partition coefficient (Wildman–Crippen LogP) is 2.67. The highest BCUT2D eigenvalue weighted by Crippen LogP contribution is 2.25. The molecule has 24 heavy (non-hydrogen) atoms. The first kappa shape index (κ1) is 19.0. The van der Waals surface area contributed by atoms with Crippen LogP contribution in [0.4, 0.5) is 9.93 Å². The van der Waals surface area contributed by atoms with Gasteiger partial charge in [-0.05, 0) is 24.5 Å². The second-order valence-corrected chi connectivity index (χ2v) is 8.58. The van der Waals surface area contributed by atoms with Gasteiger partial charge in [0.2, 0.25) is 11.0 Å². The lowest BCUT2D eigenvalue weighted by Crippen LogP contribution is -2.45. The van der Waals surface area contributed by atoms with Crippen molar-refractivity contribution in [2.24, 2.45) is 11.8 Å². The molecule has 0 aromatic carbocycles. The number of anilines is 1. The molecular weight excluding hydrogens is 346 g/mol. The first-order chi connectivity index (χ1) is 11.5. The van der Waals surface area contributed by atoms with E-state index in [0.29, 0.717) is 24.1 Å². The van der Waals surface area contributed by atoms with Crippen molar-refractivity contribution in [2.75, 3.05) is 30.7 Å². The number of hydrogen-bond donors (Lipinski definition) is 2. The third-order valence-electron chi connectivity index (χ3n) is 3.78. The highest BCUT2D eigenvalue weighted by atomic mass is 32.2. The van der Waals surface area contributed by atoms with E-state index in [1.54, 1.807) is 16.7 Å². The summed E-state index contributed by atoms with van der Waals surface area (Å²) in [6, 6.07) is -0.140. The van der Waals surface area contributed by atoms with Crippen molar-refractivity contribution in [1.29, 1.82) is 0 Å². The van der Waals surface area contributed by atoms with E-state index < -0.39 is 0 Å². The number of rotatable bonds is 6. The van der Waals surface area contributed by atoms with Crippen molar-refractivity contribution in [3.05, 3.63) is 0 Å². The Kier molecular flexibility index (Phi) is 7.29. The number of amides is 3. The maximum absolute atomic E-state index is 12.4. The van der Waals surface area contributed by atoms with Crippen LogP contribution < -0.4 is 10.6 Å². The van der Waals surface area contributed by atoms with Gasteiger partial charge in [0.05, 0.1) is 0 Å². The summed E-state index contributed by atoms with van der Waals surface area (Å²) >= 11 is 3.00. The molecule has 1 aromatic rings. The molecule has 2 N–H and O–H groups in total. The van der Waals surface area contributed by atoms with Gasteiger partial charge >= 0.3 is 6.03 Å². The Bertz CT molecular complexity index is 564. The zero-order valence-corrected chi connectivity index (χ0v) is 16.0. The first-order valence-corrected chi connectivity index (χ1v) is 10.1. The molecule has 1 fully saturated rings. The second kappa shape index (κ2) is 9.22. The van der Waals surface area contributed by atoms with Crippen molar-refractivity contribution in [3.8, 4) is 0 Å². The van der Waals surface area contributed by atoms with Crippen LogP contribution >= 0.6 is 23.1 Å². The molecule has 0 bridgehead atoms. The zero-order valence-electron chi connectivity index (χ0n) is 14.4. The number of nitrogens with zero attached hydrogens (tertiary/aromatic N) is 3. The van der Waals surface area contributed by atoms with Gasteiger partial charge in [-0.3, -0.25) is 10.1 Å². The quantitative estimate of drug-likeness (QED) is 0.593. The molecule has 2 heterocycles. The molecule has 1 aromatic heterocycles. The van der Waals surface area contributed by atoms with Gasteiger partial charge in [0.1, 0.15) is 0 Å². The third-order valence-corrected chi connectivity index (χ3v) is 5.64. The minimum Gasteiger partial charge on any atom is -0.356 e. The van der Waals surface area contributed by atoms with Crippen LogP contribution in [0.3, 0.4) is 0 Å². The van der Waals surface area contributed by atoms with Gasteiger partial charge in [0, 0.05) is 25.6 Å². The number of hydrogen-bond acceptors (Lipinski definition) is 6. The molecule has 1 saturated heterocycles. The number of aromatic nitrogens is 2. The third kappa shape index (κ3) is 5.62. The molecule has 2 rings (SSSR count). The molecule has 0 saturated carbocycles. The lowest BCUT2D eigenvalue weighted by molar-refractivity contribution is -0.124. The van der Waals surface area contributed by atoms with Gasteiger partial charge in [-0.2, -0.15) is 0 Å². The summed E-state index contributed by atoms with van der Waals surface area (Å²) in [7, 11) is 0. The average Bonchev–Trinajstić information content (AvgIpc) is 3.00. The summed E-state index contributed by atoms with van der Waals surface area (Å²) in [6.45, 7) is 7.81. The van der Waals surface area contributed by atoms with Gasteiger partial charge < -0.3 is 10.2 Å². The van der Waals surface area contributed by atoms with Crippen LogP contribution in [0.2, 0.25) is 0 Å². The largest absolute Gasteiger partial charge is 0.356 e. The molecule has 0 aliphatic carbocycles. The number of thioether (sulfide) groups is 1. The summed E-state index contributed by atoms with van der Waals surface area (Å²) in [5.41, 5.74) is 0. The van der Waals surface area contributed by atoms with Gasteiger partial charge in [0.15, 0.2) is 4.34 Å². The fraction of sp³-hybridized carbons (Fsp3) is 0.733. The van der Waals surface area contributed by atoms with Gasteiger partial charge in [-0.25, -0.2) is 4.79 Å². The maximum atomic E-state index is 12.4. The highest BCUT2D eigenvalue weighted by Gasteiger charge is 2.25. The Hall–Kier alpha value is -1.35. The van der Waals surface area contributed by atoms with Crippen molar-refractivity contribution in [3.63, 3.8) is 0 Å². The molecule has 0 radical (unpaired) electrons. The predicted molar refractivity (Wildman–Crippen MR) is 97.5 cm³/mol. The molecule has 0 spiro atoms. The van der Waals surface area contributed by atoms with Crippen molar-refractivity contribution in [1.82, 2.24) is 20.4 Å². The zero-order chi connectivity index (χ0) is 17.5. The van der Waals surface area contributed by atoms with E-state index in [-0.39, 0.29) is 17.9 Å². The normalized spacial score (nSPS) is 17.8. The van der Waals surface area contributed by atoms with Crippen LogP contribution in [0.25, 0.3) is 0 Å². The van der Waals surface area contributed by atoms with Crippen molar-refractivity contribution >= 4 is 40.2 Å². The van der Waals surface area contributed by atoms with Crippen LogP contribution in [-0.4, -0.2) is 52.4 Å². The minimum absolute atomic E-state index is 0.0134. The van der Waals surface area contributed by atoms with Crippen molar-refractivity contribution < 1.29 is 9.59 Å². The fourth-order valence-corrected chi connectivity index (χ4v) is 4.12. The van der Waals surface area contributed by atoms with E-state index in [0.717, 1.165) is 29.5 Å². The molecule has 1 unspecified atom stereocenters. The highest BCUT2D eigenvalue weighted by molar-refractivity contribution is 8.01. The number of likely N-dealkylation sites (tertiary alicyclic amines) is 1. The molecule has 9 heteroatoms. The summed E-state index contributed by atoms with van der Waals surface area (Å²) in [5, 5.41) is 14.4. The number of nitrogens with one attached hydrogen (secondary N) is 2. The van der Waals surface area contributed by atoms with E-state index in [4.69, 9.17) is 0 Å². The number of urea groups is 1. The number of carbonyl (C=O) groups excluding carboxylic acids is 2. The maximum Gasteiger partial charge on any atom is 0.323 e. The topological polar surface area (TPSA) is 87.2 Å². The Morgan fingerprint density at radius 3 is 2.92 bits per heavy atom. The smallest absolute Gasteiger partial charge is 0.323 e.